The van der Waals surface area contributed by atoms with Gasteiger partial charge in [-0.25, -0.2) is 0 Å². The number of rotatable bonds is 12. The molecular formula is C24H38N2O2. The van der Waals surface area contributed by atoms with Gasteiger partial charge in [-0.05, 0) is 49.9 Å². The Bertz CT molecular complexity index is 577. The van der Waals surface area contributed by atoms with Gasteiger partial charge in [0.1, 0.15) is 0 Å². The molecule has 0 aromatic heterocycles. The number of carbonyl (C=O) groups excluding carboxylic acids is 2. The minimum Gasteiger partial charge on any atom is -0.339 e. The first-order chi connectivity index (χ1) is 13.7. The highest BCUT2D eigenvalue weighted by Crippen LogP contribution is 2.16. The molecule has 0 aliphatic carbocycles. The Balaban J connectivity index is 1.60. The molecule has 0 radical (unpaired) electrons. The lowest BCUT2D eigenvalue weighted by Gasteiger charge is -2.26. The number of carbonyl (C=O) groups is 2. The zero-order valence-electron chi connectivity index (χ0n) is 17.7. The third-order valence-electron chi connectivity index (χ3n) is 5.57. The molecule has 4 nitrogen and oxygen atoms in total. The molecule has 0 saturated carbocycles. The molecule has 1 aliphatic heterocycles. The third kappa shape index (κ3) is 8.45. The van der Waals surface area contributed by atoms with Crippen LogP contribution in [0.4, 0.5) is 5.69 Å². The largest absolute Gasteiger partial charge is 0.339 e. The lowest BCUT2D eigenvalue weighted by atomic mass is 10.1. The number of nitrogens with zero attached hydrogens (tertiary/aromatic N) is 1. The summed E-state index contributed by atoms with van der Waals surface area (Å²) < 4.78 is 0. The van der Waals surface area contributed by atoms with E-state index in [9.17, 15) is 9.59 Å². The van der Waals surface area contributed by atoms with Gasteiger partial charge in [0.15, 0.2) is 0 Å². The minimum atomic E-state index is 0.0676. The van der Waals surface area contributed by atoms with Crippen LogP contribution in [-0.4, -0.2) is 29.8 Å². The van der Waals surface area contributed by atoms with Crippen molar-refractivity contribution in [3.63, 3.8) is 0 Å². The monoisotopic (exact) mass is 386 g/mol. The van der Waals surface area contributed by atoms with E-state index in [0.717, 1.165) is 44.5 Å². The van der Waals surface area contributed by atoms with Crippen LogP contribution in [0, 0.1) is 0 Å². The lowest BCUT2D eigenvalue weighted by Crippen LogP contribution is -2.35. The second kappa shape index (κ2) is 13.4. The Morgan fingerprint density at radius 1 is 0.821 bits per heavy atom. The molecule has 2 rings (SSSR count). The van der Waals surface area contributed by atoms with Crippen molar-refractivity contribution in [1.82, 2.24) is 4.90 Å². The predicted octanol–water partition coefficient (Wildman–Crippen LogP) is 6.17. The molecule has 4 heteroatoms. The van der Waals surface area contributed by atoms with Gasteiger partial charge >= 0.3 is 0 Å². The number of hydrogen-bond acceptors (Lipinski definition) is 2. The standard InChI is InChI=1S/C24H38N2O2/c1-2-3-4-5-6-7-8-9-11-14-23(27)25-22-17-15-21(16-18-22)24(28)26-19-12-10-13-20-26/h15-18H,2-14,19-20H2,1H3,(H,25,27). The predicted molar refractivity (Wildman–Crippen MR) is 117 cm³/mol. The normalized spacial score (nSPS) is 14.1. The van der Waals surface area contributed by atoms with Gasteiger partial charge in [0.2, 0.25) is 5.91 Å². The maximum Gasteiger partial charge on any atom is 0.253 e. The molecule has 0 unspecified atom stereocenters. The van der Waals surface area contributed by atoms with Crippen LogP contribution in [0.2, 0.25) is 0 Å². The Labute approximate surface area is 171 Å². The van der Waals surface area contributed by atoms with Crippen LogP contribution in [0.1, 0.15) is 101 Å². The van der Waals surface area contributed by atoms with Crippen LogP contribution >= 0.6 is 0 Å². The molecule has 1 saturated heterocycles. The van der Waals surface area contributed by atoms with Gasteiger partial charge in [0.25, 0.3) is 5.91 Å². The topological polar surface area (TPSA) is 49.4 Å². The second-order valence-electron chi connectivity index (χ2n) is 8.06. The molecule has 1 aromatic rings. The van der Waals surface area contributed by atoms with Crippen LogP contribution in [0.15, 0.2) is 24.3 Å². The van der Waals surface area contributed by atoms with E-state index in [-0.39, 0.29) is 11.8 Å². The van der Waals surface area contributed by atoms with E-state index in [4.69, 9.17) is 0 Å². The zero-order valence-corrected chi connectivity index (χ0v) is 17.7. The maximum absolute atomic E-state index is 12.5. The van der Waals surface area contributed by atoms with Crippen molar-refractivity contribution in [2.45, 2.75) is 90.4 Å². The molecule has 1 fully saturated rings. The molecule has 0 bridgehead atoms. The van der Waals surface area contributed by atoms with Gasteiger partial charge in [-0.1, -0.05) is 58.3 Å². The van der Waals surface area contributed by atoms with E-state index in [0.29, 0.717) is 12.0 Å². The van der Waals surface area contributed by atoms with Crippen molar-refractivity contribution in [3.8, 4) is 0 Å². The van der Waals surface area contributed by atoms with E-state index in [1.165, 1.54) is 51.4 Å². The van der Waals surface area contributed by atoms with Gasteiger partial charge in [-0.3, -0.25) is 9.59 Å². The molecule has 0 atom stereocenters. The molecule has 1 heterocycles. The van der Waals surface area contributed by atoms with Crippen molar-refractivity contribution < 1.29 is 9.59 Å². The Morgan fingerprint density at radius 3 is 2.00 bits per heavy atom. The van der Waals surface area contributed by atoms with E-state index in [1.54, 1.807) is 0 Å². The van der Waals surface area contributed by atoms with Crippen LogP contribution in [0.3, 0.4) is 0 Å². The average Bonchev–Trinajstić information content (AvgIpc) is 2.73. The number of likely N-dealkylation sites (tertiary alicyclic amines) is 1. The molecular weight excluding hydrogens is 348 g/mol. The van der Waals surface area contributed by atoms with Crippen LogP contribution in [0.5, 0.6) is 0 Å². The number of unbranched alkanes of at least 4 members (excludes halogenated alkanes) is 8. The highest BCUT2D eigenvalue weighted by molar-refractivity contribution is 5.95. The molecule has 0 spiro atoms. The molecule has 28 heavy (non-hydrogen) atoms. The molecule has 1 N–H and O–H groups in total. The average molecular weight is 387 g/mol. The van der Waals surface area contributed by atoms with Crippen molar-refractivity contribution in [3.05, 3.63) is 29.8 Å². The van der Waals surface area contributed by atoms with E-state index in [1.807, 2.05) is 29.2 Å². The van der Waals surface area contributed by atoms with E-state index >= 15 is 0 Å². The van der Waals surface area contributed by atoms with Crippen molar-refractivity contribution in [2.75, 3.05) is 18.4 Å². The summed E-state index contributed by atoms with van der Waals surface area (Å²) in [6.07, 6.45) is 15.3. The quantitative estimate of drug-likeness (QED) is 0.437. The number of benzene rings is 1. The lowest BCUT2D eigenvalue weighted by molar-refractivity contribution is -0.116. The number of hydrogen-bond donors (Lipinski definition) is 1. The summed E-state index contributed by atoms with van der Waals surface area (Å²) in [4.78, 5) is 26.5. The van der Waals surface area contributed by atoms with Crippen LogP contribution < -0.4 is 5.32 Å². The summed E-state index contributed by atoms with van der Waals surface area (Å²) in [5.74, 6) is 0.172. The highest BCUT2D eigenvalue weighted by atomic mass is 16.2. The summed E-state index contributed by atoms with van der Waals surface area (Å²) in [6, 6.07) is 7.33. The van der Waals surface area contributed by atoms with Crippen LogP contribution in [-0.2, 0) is 4.79 Å². The van der Waals surface area contributed by atoms with Gasteiger partial charge in [-0.15, -0.1) is 0 Å². The molecule has 2 amide bonds. The van der Waals surface area contributed by atoms with Gasteiger partial charge < -0.3 is 10.2 Å². The fourth-order valence-electron chi connectivity index (χ4n) is 3.80. The van der Waals surface area contributed by atoms with Crippen molar-refractivity contribution >= 4 is 17.5 Å². The van der Waals surface area contributed by atoms with Gasteiger partial charge in [-0.2, -0.15) is 0 Å². The third-order valence-corrected chi connectivity index (χ3v) is 5.57. The first kappa shape index (κ1) is 22.4. The Hall–Kier alpha value is -1.84. The molecule has 1 aromatic carbocycles. The number of anilines is 1. The summed E-state index contributed by atoms with van der Waals surface area (Å²) in [5.41, 5.74) is 1.48. The van der Waals surface area contributed by atoms with Gasteiger partial charge in [0, 0.05) is 30.8 Å². The zero-order chi connectivity index (χ0) is 20.0. The fraction of sp³-hybridized carbons (Fsp3) is 0.667. The number of amides is 2. The number of nitrogens with one attached hydrogen (secondary N) is 1. The van der Waals surface area contributed by atoms with Crippen molar-refractivity contribution in [1.29, 1.82) is 0 Å². The second-order valence-corrected chi connectivity index (χ2v) is 8.06. The van der Waals surface area contributed by atoms with E-state index < -0.39 is 0 Å². The first-order valence-electron chi connectivity index (χ1n) is 11.4. The van der Waals surface area contributed by atoms with Gasteiger partial charge in [0.05, 0.1) is 0 Å². The summed E-state index contributed by atoms with van der Waals surface area (Å²) in [6.45, 7) is 3.96. The molecule has 156 valence electrons. The first-order valence-corrected chi connectivity index (χ1v) is 11.4. The smallest absolute Gasteiger partial charge is 0.253 e. The summed E-state index contributed by atoms with van der Waals surface area (Å²) in [5, 5.41) is 2.95. The maximum atomic E-state index is 12.5. The highest BCUT2D eigenvalue weighted by Gasteiger charge is 2.17. The van der Waals surface area contributed by atoms with Crippen molar-refractivity contribution in [2.24, 2.45) is 0 Å². The summed E-state index contributed by atoms with van der Waals surface area (Å²) in [7, 11) is 0. The summed E-state index contributed by atoms with van der Waals surface area (Å²) >= 11 is 0. The Morgan fingerprint density at radius 2 is 1.39 bits per heavy atom. The minimum absolute atomic E-state index is 0.0676. The SMILES string of the molecule is CCCCCCCCCCCC(=O)Nc1ccc(C(=O)N2CCCCC2)cc1. The Kier molecular flexibility index (Phi) is 10.7. The number of piperidine rings is 1. The van der Waals surface area contributed by atoms with E-state index in [2.05, 4.69) is 12.2 Å². The fourth-order valence-corrected chi connectivity index (χ4v) is 3.80. The molecule has 1 aliphatic rings. The van der Waals surface area contributed by atoms with Crippen LogP contribution in [0.25, 0.3) is 0 Å².